The predicted octanol–water partition coefficient (Wildman–Crippen LogP) is 0.641. The van der Waals surface area contributed by atoms with Crippen LogP contribution in [-0.2, 0) is 0 Å². The molecule has 0 amide bonds. The summed E-state index contributed by atoms with van der Waals surface area (Å²) < 4.78 is 5.51. The Morgan fingerprint density at radius 1 is 1.36 bits per heavy atom. The largest absolute Gasteiger partial charge is 0.430 e. The summed E-state index contributed by atoms with van der Waals surface area (Å²) in [6, 6.07) is 2.72. The first-order valence-corrected chi connectivity index (χ1v) is 6.31. The average Bonchev–Trinajstić information content (AvgIpc) is 2.68. The molecule has 1 saturated heterocycles. The van der Waals surface area contributed by atoms with Crippen LogP contribution < -0.4 is 5.51 Å². The molecule has 60 valence electrons. The molecule has 1 aromatic rings. The van der Waals surface area contributed by atoms with Gasteiger partial charge in [0, 0.05) is 5.92 Å². The van der Waals surface area contributed by atoms with Gasteiger partial charge in [-0.1, -0.05) is 25.9 Å². The number of nitrogens with zero attached hydrogens (tertiary/aromatic N) is 2. The highest BCUT2D eigenvalue weighted by Crippen LogP contribution is 2.21. The molecule has 0 atom stereocenters. The topological polar surface area (TPSA) is 38.9 Å². The van der Waals surface area contributed by atoms with Gasteiger partial charge >= 0.3 is 0 Å². The van der Waals surface area contributed by atoms with Crippen LogP contribution >= 0.6 is 0 Å². The Hall–Kier alpha value is -0.643. The highest BCUT2D eigenvalue weighted by atomic mass is 28.3. The van der Waals surface area contributed by atoms with E-state index in [1.807, 2.05) is 0 Å². The van der Waals surface area contributed by atoms with Crippen molar-refractivity contribution in [3.63, 3.8) is 0 Å². The third-order valence-electron chi connectivity index (χ3n) is 1.88. The Morgan fingerprint density at radius 3 is 2.55 bits per heavy atom. The third kappa shape index (κ3) is 1.35. The Balaban J connectivity index is 2.18. The first-order chi connectivity index (χ1) is 5.27. The second kappa shape index (κ2) is 2.44. The summed E-state index contributed by atoms with van der Waals surface area (Å²) in [7, 11) is -0.640. The van der Waals surface area contributed by atoms with Crippen molar-refractivity contribution in [3.05, 3.63) is 5.89 Å². The minimum absolute atomic E-state index is 0.379. The summed E-state index contributed by atoms with van der Waals surface area (Å²) in [5.41, 5.74) is 0.980. The zero-order valence-electron chi connectivity index (χ0n) is 6.87. The fourth-order valence-electron chi connectivity index (χ4n) is 0.975. The zero-order valence-corrected chi connectivity index (χ0v) is 8.03. The number of aromatic nitrogens is 2. The molecule has 2 rings (SSSR count). The average molecular weight is 168 g/mol. The van der Waals surface area contributed by atoms with E-state index in [-0.39, 0.29) is 0 Å². The van der Waals surface area contributed by atoms with Crippen molar-refractivity contribution >= 4 is 14.3 Å². The number of hydrogen-bond acceptors (Lipinski definition) is 3. The Labute approximate surface area is 67.4 Å². The lowest BCUT2D eigenvalue weighted by Crippen LogP contribution is -2.15. The molecule has 1 fully saturated rings. The van der Waals surface area contributed by atoms with Crippen LogP contribution in [0.25, 0.3) is 0 Å². The second-order valence-corrected chi connectivity index (χ2v) is 6.45. The highest BCUT2D eigenvalue weighted by Gasteiger charge is 2.31. The van der Waals surface area contributed by atoms with Crippen molar-refractivity contribution < 1.29 is 4.42 Å². The lowest BCUT2D eigenvalue weighted by atomic mass is 10.2. The molecule has 0 saturated carbocycles. The van der Waals surface area contributed by atoms with Gasteiger partial charge < -0.3 is 4.42 Å². The quantitative estimate of drug-likeness (QED) is 0.608. The van der Waals surface area contributed by atoms with Gasteiger partial charge in [0.15, 0.2) is 5.51 Å². The molecule has 1 aliphatic rings. The van der Waals surface area contributed by atoms with Gasteiger partial charge in [0.2, 0.25) is 5.89 Å². The van der Waals surface area contributed by atoms with Gasteiger partial charge in [0.1, 0.15) is 8.80 Å². The maximum Gasteiger partial charge on any atom is 0.218 e. The summed E-state index contributed by atoms with van der Waals surface area (Å²) in [5, 5.41) is 8.04. The van der Waals surface area contributed by atoms with Crippen molar-refractivity contribution in [1.29, 1.82) is 0 Å². The van der Waals surface area contributed by atoms with Gasteiger partial charge in [0.25, 0.3) is 0 Å². The molecule has 0 aliphatic carbocycles. The van der Waals surface area contributed by atoms with E-state index in [1.54, 1.807) is 0 Å². The highest BCUT2D eigenvalue weighted by molar-refractivity contribution is 6.80. The lowest BCUT2D eigenvalue weighted by Gasteiger charge is -1.93. The van der Waals surface area contributed by atoms with E-state index in [9.17, 15) is 0 Å². The van der Waals surface area contributed by atoms with Crippen LogP contribution in [0.1, 0.15) is 25.7 Å². The minimum atomic E-state index is -0.640. The van der Waals surface area contributed by atoms with Crippen LogP contribution in [0.15, 0.2) is 4.42 Å². The van der Waals surface area contributed by atoms with Crippen LogP contribution in [0.5, 0.6) is 0 Å². The molecule has 0 N–H and O–H groups in total. The molecule has 0 spiro atoms. The molecule has 0 aromatic carbocycles. The maximum atomic E-state index is 5.51. The van der Waals surface area contributed by atoms with Gasteiger partial charge in [-0.15, -0.1) is 10.2 Å². The summed E-state index contributed by atoms with van der Waals surface area (Å²) in [6.45, 7) is 4.15. The molecule has 3 nitrogen and oxygen atoms in total. The van der Waals surface area contributed by atoms with E-state index in [0.717, 1.165) is 11.4 Å². The van der Waals surface area contributed by atoms with E-state index < -0.39 is 8.80 Å². The van der Waals surface area contributed by atoms with Gasteiger partial charge in [-0.25, -0.2) is 0 Å². The van der Waals surface area contributed by atoms with E-state index in [2.05, 4.69) is 24.0 Å². The summed E-state index contributed by atoms with van der Waals surface area (Å²) in [4.78, 5) is 0. The normalized spacial score (nSPS) is 17.7. The Bertz CT molecular complexity index is 238. The maximum absolute atomic E-state index is 5.51. The molecule has 0 bridgehead atoms. The van der Waals surface area contributed by atoms with Crippen molar-refractivity contribution in [2.75, 3.05) is 0 Å². The molecule has 0 unspecified atom stereocenters. The first-order valence-electron chi connectivity index (χ1n) is 4.10. The predicted molar refractivity (Wildman–Crippen MR) is 44.8 cm³/mol. The Morgan fingerprint density at radius 2 is 2.09 bits per heavy atom. The van der Waals surface area contributed by atoms with E-state index in [0.29, 0.717) is 5.92 Å². The summed E-state index contributed by atoms with van der Waals surface area (Å²) in [5.74, 6) is 1.18. The fraction of sp³-hybridized carbons (Fsp3) is 0.714. The molecule has 11 heavy (non-hydrogen) atoms. The van der Waals surface area contributed by atoms with Gasteiger partial charge in [-0.3, -0.25) is 0 Å². The SMILES string of the molecule is CC(C)c1nnc([SiH]2CC2)o1. The lowest BCUT2D eigenvalue weighted by molar-refractivity contribution is 0.492. The molecule has 4 heteroatoms. The van der Waals surface area contributed by atoms with Crippen LogP contribution in [0, 0.1) is 0 Å². The van der Waals surface area contributed by atoms with Gasteiger partial charge in [0.05, 0.1) is 0 Å². The summed E-state index contributed by atoms with van der Waals surface area (Å²) >= 11 is 0. The van der Waals surface area contributed by atoms with Crippen molar-refractivity contribution in [1.82, 2.24) is 10.2 Å². The van der Waals surface area contributed by atoms with Crippen molar-refractivity contribution in [3.8, 4) is 0 Å². The van der Waals surface area contributed by atoms with E-state index in [1.165, 1.54) is 12.1 Å². The van der Waals surface area contributed by atoms with Gasteiger partial charge in [-0.2, -0.15) is 0 Å². The van der Waals surface area contributed by atoms with Gasteiger partial charge in [-0.05, 0) is 0 Å². The van der Waals surface area contributed by atoms with Crippen LogP contribution in [0.3, 0.4) is 0 Å². The molecule has 1 aliphatic heterocycles. The first kappa shape index (κ1) is 7.03. The third-order valence-corrected chi connectivity index (χ3v) is 3.96. The molecule has 0 radical (unpaired) electrons. The monoisotopic (exact) mass is 168 g/mol. The number of rotatable bonds is 2. The zero-order chi connectivity index (χ0) is 7.84. The fourth-order valence-corrected chi connectivity index (χ4v) is 2.64. The van der Waals surface area contributed by atoms with Crippen LogP contribution in [0.2, 0.25) is 12.1 Å². The van der Waals surface area contributed by atoms with E-state index >= 15 is 0 Å². The minimum Gasteiger partial charge on any atom is -0.430 e. The molecule has 1 aromatic heterocycles. The molecular formula is C7H12N2OSi. The van der Waals surface area contributed by atoms with Crippen LogP contribution in [0.4, 0.5) is 0 Å². The smallest absolute Gasteiger partial charge is 0.218 e. The van der Waals surface area contributed by atoms with E-state index in [4.69, 9.17) is 4.42 Å². The van der Waals surface area contributed by atoms with Crippen LogP contribution in [-0.4, -0.2) is 19.0 Å². The molecular weight excluding hydrogens is 156 g/mol. The summed E-state index contributed by atoms with van der Waals surface area (Å²) in [6.07, 6.45) is 0. The van der Waals surface area contributed by atoms with Crippen molar-refractivity contribution in [2.24, 2.45) is 0 Å². The second-order valence-electron chi connectivity index (χ2n) is 3.41. The number of hydrogen-bond donors (Lipinski definition) is 0. The Kier molecular flexibility index (Phi) is 1.56. The standard InChI is InChI=1S/C7H12N2OSi/c1-5(2)6-8-9-7(10-6)11-3-4-11/h5,11H,3-4H2,1-2H3. The molecule has 2 heterocycles. The van der Waals surface area contributed by atoms with Crippen molar-refractivity contribution in [2.45, 2.75) is 31.9 Å².